The summed E-state index contributed by atoms with van der Waals surface area (Å²) < 4.78 is 13.1. The quantitative estimate of drug-likeness (QED) is 0.429. The van der Waals surface area contributed by atoms with Crippen LogP contribution in [0.4, 0.5) is 0 Å². The molecule has 0 fully saturated rings. The molecule has 0 saturated carbocycles. The van der Waals surface area contributed by atoms with Gasteiger partial charge >= 0.3 is 0 Å². The Morgan fingerprint density at radius 1 is 1.23 bits per heavy atom. The summed E-state index contributed by atoms with van der Waals surface area (Å²) in [6, 6.07) is 5.78. The van der Waals surface area contributed by atoms with Crippen LogP contribution in [0.1, 0.15) is 18.1 Å². The maximum atomic E-state index is 12.9. The van der Waals surface area contributed by atoms with E-state index in [0.29, 0.717) is 46.5 Å². The molecule has 3 aromatic rings. The van der Waals surface area contributed by atoms with Gasteiger partial charge in [-0.2, -0.15) is 0 Å². The van der Waals surface area contributed by atoms with Gasteiger partial charge in [0.05, 0.1) is 25.5 Å². The number of thiophene rings is 1. The summed E-state index contributed by atoms with van der Waals surface area (Å²) in [7, 11) is 3.23. The molecule has 1 amide bonds. The van der Waals surface area contributed by atoms with Crippen molar-refractivity contribution in [2.45, 2.75) is 31.6 Å². The van der Waals surface area contributed by atoms with Crippen molar-refractivity contribution in [2.24, 2.45) is 0 Å². The van der Waals surface area contributed by atoms with Gasteiger partial charge < -0.3 is 14.4 Å². The minimum atomic E-state index is -0.0413. The Morgan fingerprint density at radius 2 is 1.97 bits per heavy atom. The summed E-state index contributed by atoms with van der Waals surface area (Å²) in [6.07, 6.45) is 0.769. The summed E-state index contributed by atoms with van der Waals surface area (Å²) in [5.41, 5.74) is 2.90. The van der Waals surface area contributed by atoms with Crippen molar-refractivity contribution in [2.75, 3.05) is 26.5 Å². The zero-order valence-corrected chi connectivity index (χ0v) is 18.8. The average molecular weight is 446 g/mol. The second-order valence-corrected chi connectivity index (χ2v) is 8.77. The zero-order chi connectivity index (χ0) is 21.3. The average Bonchev–Trinajstić information content (AvgIpc) is 3.25. The van der Waals surface area contributed by atoms with Gasteiger partial charge in [0, 0.05) is 19.6 Å². The number of rotatable bonds is 6. The number of hydrogen-bond acceptors (Lipinski definition) is 7. The van der Waals surface area contributed by atoms with Gasteiger partial charge in [0.1, 0.15) is 4.70 Å². The zero-order valence-electron chi connectivity index (χ0n) is 17.1. The van der Waals surface area contributed by atoms with E-state index in [4.69, 9.17) is 9.47 Å². The van der Waals surface area contributed by atoms with Crippen molar-refractivity contribution in [3.8, 4) is 11.5 Å². The molecular formula is C21H23N3O4S2. The largest absolute Gasteiger partial charge is 0.493 e. The van der Waals surface area contributed by atoms with Crippen LogP contribution in [-0.4, -0.2) is 46.9 Å². The molecule has 7 nitrogen and oxygen atoms in total. The molecule has 0 atom stereocenters. The van der Waals surface area contributed by atoms with Gasteiger partial charge in [-0.3, -0.25) is 14.2 Å². The molecule has 0 radical (unpaired) electrons. The minimum Gasteiger partial charge on any atom is -0.493 e. The highest BCUT2D eigenvalue weighted by Crippen LogP contribution is 2.33. The van der Waals surface area contributed by atoms with Crippen molar-refractivity contribution in [1.82, 2.24) is 14.5 Å². The summed E-state index contributed by atoms with van der Waals surface area (Å²) in [6.45, 7) is 3.62. The highest BCUT2D eigenvalue weighted by atomic mass is 32.2. The lowest BCUT2D eigenvalue weighted by Gasteiger charge is -2.29. The molecular weight excluding hydrogens is 422 g/mol. The van der Waals surface area contributed by atoms with Crippen molar-refractivity contribution < 1.29 is 14.3 Å². The van der Waals surface area contributed by atoms with Crippen molar-refractivity contribution >= 4 is 39.2 Å². The molecule has 1 aliphatic heterocycles. The summed E-state index contributed by atoms with van der Waals surface area (Å²) >= 11 is 2.72. The fraction of sp³-hybridized carbons (Fsp3) is 0.381. The molecule has 1 aromatic carbocycles. The molecule has 30 heavy (non-hydrogen) atoms. The Bertz CT molecular complexity index is 1160. The number of hydrogen-bond donors (Lipinski definition) is 0. The van der Waals surface area contributed by atoms with Gasteiger partial charge in [-0.25, -0.2) is 4.98 Å². The van der Waals surface area contributed by atoms with Crippen molar-refractivity contribution in [3.63, 3.8) is 0 Å². The van der Waals surface area contributed by atoms with Crippen LogP contribution in [-0.2, 0) is 24.3 Å². The number of ether oxygens (including phenoxy) is 2. The van der Waals surface area contributed by atoms with E-state index in [-0.39, 0.29) is 17.2 Å². The fourth-order valence-electron chi connectivity index (χ4n) is 3.63. The standard InChI is InChI=1S/C21H23N3O4S2/c1-4-24-20(26)19-15(6-8-29-19)22-21(24)30-12-18(25)23-7-5-13-9-16(27-2)17(28-3)10-14(13)11-23/h6,8-10H,4-5,7,11-12H2,1-3H3. The lowest BCUT2D eigenvalue weighted by atomic mass is 9.99. The molecule has 1 aliphatic rings. The van der Waals surface area contributed by atoms with Gasteiger partial charge in [-0.05, 0) is 48.1 Å². The Labute approximate surface area is 182 Å². The van der Waals surface area contributed by atoms with Gasteiger partial charge in [0.2, 0.25) is 5.91 Å². The van der Waals surface area contributed by atoms with Gasteiger partial charge in [-0.1, -0.05) is 11.8 Å². The lowest BCUT2D eigenvalue weighted by molar-refractivity contribution is -0.129. The summed E-state index contributed by atoms with van der Waals surface area (Å²) in [5.74, 6) is 1.65. The van der Waals surface area contributed by atoms with E-state index < -0.39 is 0 Å². The number of thioether (sulfide) groups is 1. The van der Waals surface area contributed by atoms with E-state index in [1.54, 1.807) is 18.8 Å². The molecule has 0 saturated heterocycles. The topological polar surface area (TPSA) is 73.7 Å². The molecule has 4 rings (SSSR count). The lowest BCUT2D eigenvalue weighted by Crippen LogP contribution is -2.37. The van der Waals surface area contributed by atoms with Crippen LogP contribution in [0, 0.1) is 0 Å². The number of nitrogens with zero attached hydrogens (tertiary/aromatic N) is 3. The highest BCUT2D eigenvalue weighted by Gasteiger charge is 2.23. The molecule has 0 unspecified atom stereocenters. The fourth-order valence-corrected chi connectivity index (χ4v) is 5.37. The molecule has 3 heterocycles. The first kappa shape index (κ1) is 20.7. The molecule has 158 valence electrons. The highest BCUT2D eigenvalue weighted by molar-refractivity contribution is 7.99. The first-order valence-electron chi connectivity index (χ1n) is 9.68. The third-order valence-corrected chi connectivity index (χ3v) is 7.10. The van der Waals surface area contributed by atoms with Crippen LogP contribution in [0.5, 0.6) is 11.5 Å². The molecule has 2 aromatic heterocycles. The van der Waals surface area contributed by atoms with E-state index in [0.717, 1.165) is 12.0 Å². The molecule has 0 spiro atoms. The number of benzene rings is 1. The number of carbonyl (C=O) groups excluding carboxylic acids is 1. The molecule has 0 aliphatic carbocycles. The van der Waals surface area contributed by atoms with E-state index >= 15 is 0 Å². The van der Waals surface area contributed by atoms with Crippen LogP contribution in [0.25, 0.3) is 10.2 Å². The predicted molar refractivity (Wildman–Crippen MR) is 119 cm³/mol. The van der Waals surface area contributed by atoms with Crippen LogP contribution in [0.3, 0.4) is 0 Å². The normalized spacial score (nSPS) is 13.4. The van der Waals surface area contributed by atoms with Crippen molar-refractivity contribution in [3.05, 3.63) is 45.1 Å². The SMILES string of the molecule is CCn1c(SCC(=O)N2CCc3cc(OC)c(OC)cc3C2)nc2ccsc2c1=O. The Balaban J connectivity index is 1.49. The number of methoxy groups -OCH3 is 2. The van der Waals surface area contributed by atoms with Crippen molar-refractivity contribution in [1.29, 1.82) is 0 Å². The maximum absolute atomic E-state index is 12.9. The number of amides is 1. The Kier molecular flexibility index (Phi) is 6.01. The Hall–Kier alpha value is -2.52. The van der Waals surface area contributed by atoms with E-state index in [2.05, 4.69) is 4.98 Å². The third kappa shape index (κ3) is 3.79. The first-order chi connectivity index (χ1) is 14.5. The van der Waals surface area contributed by atoms with Crippen LogP contribution in [0.15, 0.2) is 33.5 Å². The summed E-state index contributed by atoms with van der Waals surface area (Å²) in [5, 5.41) is 2.46. The maximum Gasteiger partial charge on any atom is 0.272 e. The monoisotopic (exact) mass is 445 g/mol. The summed E-state index contributed by atoms with van der Waals surface area (Å²) in [4.78, 5) is 32.0. The predicted octanol–water partition coefficient (Wildman–Crippen LogP) is 3.17. The second-order valence-electron chi connectivity index (χ2n) is 6.91. The van der Waals surface area contributed by atoms with Gasteiger partial charge in [0.15, 0.2) is 16.7 Å². The second kappa shape index (κ2) is 8.69. The molecule has 0 bridgehead atoms. The first-order valence-corrected chi connectivity index (χ1v) is 11.5. The molecule has 0 N–H and O–H groups in total. The van der Waals surface area contributed by atoms with Crippen LogP contribution in [0.2, 0.25) is 0 Å². The van der Waals surface area contributed by atoms with E-state index in [1.165, 1.54) is 28.7 Å². The number of fused-ring (bicyclic) bond motifs is 2. The molecule has 9 heteroatoms. The van der Waals surface area contributed by atoms with Crippen LogP contribution < -0.4 is 15.0 Å². The Morgan fingerprint density at radius 3 is 2.67 bits per heavy atom. The minimum absolute atomic E-state index is 0.0303. The third-order valence-electron chi connectivity index (χ3n) is 5.24. The van der Waals surface area contributed by atoms with Gasteiger partial charge in [-0.15, -0.1) is 11.3 Å². The van der Waals surface area contributed by atoms with Gasteiger partial charge in [0.25, 0.3) is 5.56 Å². The number of carbonyl (C=O) groups is 1. The number of aromatic nitrogens is 2. The smallest absolute Gasteiger partial charge is 0.272 e. The van der Waals surface area contributed by atoms with E-state index in [9.17, 15) is 9.59 Å². The van der Waals surface area contributed by atoms with Crippen LogP contribution >= 0.6 is 23.1 Å². The van der Waals surface area contributed by atoms with E-state index in [1.807, 2.05) is 35.4 Å².